The maximum absolute atomic E-state index is 10.4. The van der Waals surface area contributed by atoms with Gasteiger partial charge < -0.3 is 10.1 Å². The number of hydrogen-bond acceptors (Lipinski definition) is 2. The van der Waals surface area contributed by atoms with Crippen LogP contribution in [-0.4, -0.2) is 19.9 Å². The van der Waals surface area contributed by atoms with Crippen LogP contribution in [0, 0.1) is 11.8 Å². The highest BCUT2D eigenvalue weighted by molar-refractivity contribution is 5.53. The molecule has 0 aromatic heterocycles. The monoisotopic (exact) mass is 185 g/mol. The second kappa shape index (κ2) is 8.24. The number of rotatable bonds is 3. The molecular formula is C11H23NO. The van der Waals surface area contributed by atoms with Crippen molar-refractivity contribution in [2.45, 2.75) is 39.5 Å². The highest BCUT2D eigenvalue weighted by atomic mass is 16.1. The van der Waals surface area contributed by atoms with Crippen molar-refractivity contribution in [2.24, 2.45) is 11.8 Å². The molecule has 0 spiro atoms. The van der Waals surface area contributed by atoms with Gasteiger partial charge in [0, 0.05) is 5.92 Å². The minimum absolute atomic E-state index is 0.364. The third kappa shape index (κ3) is 5.04. The molecule has 1 saturated carbocycles. The molecule has 1 fully saturated rings. The van der Waals surface area contributed by atoms with E-state index in [-0.39, 0.29) is 0 Å². The summed E-state index contributed by atoms with van der Waals surface area (Å²) < 4.78 is 0. The maximum atomic E-state index is 10.4. The molecule has 0 aliphatic heterocycles. The van der Waals surface area contributed by atoms with Crippen LogP contribution in [0.15, 0.2) is 0 Å². The first kappa shape index (κ1) is 12.6. The quantitative estimate of drug-likeness (QED) is 0.683. The van der Waals surface area contributed by atoms with Gasteiger partial charge in [0.05, 0.1) is 0 Å². The van der Waals surface area contributed by atoms with Crippen molar-refractivity contribution in [1.29, 1.82) is 0 Å². The van der Waals surface area contributed by atoms with E-state index in [1.807, 2.05) is 20.9 Å². The summed E-state index contributed by atoms with van der Waals surface area (Å²) >= 11 is 0. The topological polar surface area (TPSA) is 29.1 Å². The van der Waals surface area contributed by atoms with Gasteiger partial charge in [0.1, 0.15) is 6.29 Å². The first-order chi connectivity index (χ1) is 6.36. The van der Waals surface area contributed by atoms with Crippen LogP contribution in [0.4, 0.5) is 0 Å². The normalized spacial score (nSPS) is 27.3. The van der Waals surface area contributed by atoms with Gasteiger partial charge in [0.2, 0.25) is 0 Å². The maximum Gasteiger partial charge on any atom is 0.123 e. The summed E-state index contributed by atoms with van der Waals surface area (Å²) in [6.45, 7) is 5.12. The smallest absolute Gasteiger partial charge is 0.123 e. The van der Waals surface area contributed by atoms with Gasteiger partial charge in [-0.15, -0.1) is 0 Å². The number of nitrogens with one attached hydrogen (secondary N) is 1. The summed E-state index contributed by atoms with van der Waals surface area (Å²) in [4.78, 5) is 10.4. The molecule has 13 heavy (non-hydrogen) atoms. The van der Waals surface area contributed by atoms with E-state index in [4.69, 9.17) is 0 Å². The zero-order valence-electron chi connectivity index (χ0n) is 9.18. The molecule has 78 valence electrons. The minimum Gasteiger partial charge on any atom is -0.319 e. The summed E-state index contributed by atoms with van der Waals surface area (Å²) in [6, 6.07) is 0. The molecule has 1 N–H and O–H groups in total. The lowest BCUT2D eigenvalue weighted by Crippen LogP contribution is -2.24. The zero-order chi connectivity index (χ0) is 10.1. The lowest BCUT2D eigenvalue weighted by Gasteiger charge is -2.24. The fourth-order valence-electron chi connectivity index (χ4n) is 1.82. The summed E-state index contributed by atoms with van der Waals surface area (Å²) in [7, 11) is 1.99. The first-order valence-corrected chi connectivity index (χ1v) is 5.46. The van der Waals surface area contributed by atoms with Crippen LogP contribution in [0.3, 0.4) is 0 Å². The highest BCUT2D eigenvalue weighted by Gasteiger charge is 2.19. The SMILES string of the molecule is CC.CNCC1CCC(C=O)CC1. The second-order valence-corrected chi connectivity index (χ2v) is 3.47. The van der Waals surface area contributed by atoms with Gasteiger partial charge in [-0.1, -0.05) is 13.8 Å². The van der Waals surface area contributed by atoms with Crippen molar-refractivity contribution < 1.29 is 4.79 Å². The average molecular weight is 185 g/mol. The summed E-state index contributed by atoms with van der Waals surface area (Å²) in [6.07, 6.45) is 5.79. The minimum atomic E-state index is 0.364. The lowest BCUT2D eigenvalue weighted by atomic mass is 9.83. The standard InChI is InChI=1S/C9H17NO.C2H6/c1-10-6-8-2-4-9(7-11)5-3-8;1-2/h7-10H,2-6H2,1H3;1-2H3. The molecule has 0 aromatic rings. The Labute approximate surface area is 82.1 Å². The molecule has 0 bridgehead atoms. The molecule has 0 saturated heterocycles. The van der Waals surface area contributed by atoms with Gasteiger partial charge in [-0.2, -0.15) is 0 Å². The van der Waals surface area contributed by atoms with Crippen LogP contribution >= 0.6 is 0 Å². The van der Waals surface area contributed by atoms with Gasteiger partial charge in [-0.25, -0.2) is 0 Å². The predicted molar refractivity (Wildman–Crippen MR) is 56.8 cm³/mol. The van der Waals surface area contributed by atoms with Crippen LogP contribution in [-0.2, 0) is 4.79 Å². The Bertz CT molecular complexity index is 117. The Morgan fingerprint density at radius 1 is 1.23 bits per heavy atom. The summed E-state index contributed by atoms with van der Waals surface area (Å²) in [5, 5.41) is 3.18. The van der Waals surface area contributed by atoms with Crippen molar-refractivity contribution in [3.8, 4) is 0 Å². The molecule has 0 radical (unpaired) electrons. The van der Waals surface area contributed by atoms with Crippen molar-refractivity contribution >= 4 is 6.29 Å². The second-order valence-electron chi connectivity index (χ2n) is 3.47. The lowest BCUT2D eigenvalue weighted by molar-refractivity contribution is -0.112. The van der Waals surface area contributed by atoms with E-state index in [1.165, 1.54) is 12.8 Å². The molecule has 0 unspecified atom stereocenters. The van der Waals surface area contributed by atoms with E-state index in [9.17, 15) is 4.79 Å². The molecule has 0 atom stereocenters. The number of aldehydes is 1. The van der Waals surface area contributed by atoms with Crippen molar-refractivity contribution in [3.05, 3.63) is 0 Å². The van der Waals surface area contributed by atoms with E-state index < -0.39 is 0 Å². The van der Waals surface area contributed by atoms with Crippen molar-refractivity contribution in [1.82, 2.24) is 5.32 Å². The first-order valence-electron chi connectivity index (χ1n) is 5.46. The van der Waals surface area contributed by atoms with Crippen LogP contribution in [0.5, 0.6) is 0 Å². The third-order valence-corrected chi connectivity index (χ3v) is 2.58. The molecule has 0 aromatic carbocycles. The van der Waals surface area contributed by atoms with Gasteiger partial charge in [-0.3, -0.25) is 0 Å². The highest BCUT2D eigenvalue weighted by Crippen LogP contribution is 2.26. The Morgan fingerprint density at radius 2 is 1.77 bits per heavy atom. The van der Waals surface area contributed by atoms with Crippen LogP contribution in [0.25, 0.3) is 0 Å². The zero-order valence-corrected chi connectivity index (χ0v) is 9.18. The average Bonchev–Trinajstić information content (AvgIpc) is 2.23. The Hall–Kier alpha value is -0.370. The Balaban J connectivity index is 0.000000671. The number of hydrogen-bond donors (Lipinski definition) is 1. The number of carbonyl (C=O) groups is 1. The predicted octanol–water partition coefficient (Wildman–Crippen LogP) is 2.24. The third-order valence-electron chi connectivity index (χ3n) is 2.58. The van der Waals surface area contributed by atoms with Gasteiger partial charge in [-0.05, 0) is 45.2 Å². The number of carbonyl (C=O) groups excluding carboxylic acids is 1. The molecule has 0 amide bonds. The van der Waals surface area contributed by atoms with E-state index in [0.717, 1.165) is 31.6 Å². The summed E-state index contributed by atoms with van der Waals surface area (Å²) in [5.41, 5.74) is 0. The van der Waals surface area contributed by atoms with Gasteiger partial charge >= 0.3 is 0 Å². The fraction of sp³-hybridized carbons (Fsp3) is 0.909. The van der Waals surface area contributed by atoms with Crippen LogP contribution in [0.2, 0.25) is 0 Å². The van der Waals surface area contributed by atoms with Gasteiger partial charge in [0.15, 0.2) is 0 Å². The van der Waals surface area contributed by atoms with E-state index in [2.05, 4.69) is 5.32 Å². The van der Waals surface area contributed by atoms with Crippen LogP contribution < -0.4 is 5.32 Å². The molecular weight excluding hydrogens is 162 g/mol. The van der Waals surface area contributed by atoms with E-state index in [0.29, 0.717) is 5.92 Å². The Kier molecular flexibility index (Phi) is 8.00. The molecule has 1 aliphatic carbocycles. The van der Waals surface area contributed by atoms with Gasteiger partial charge in [0.25, 0.3) is 0 Å². The van der Waals surface area contributed by atoms with Crippen molar-refractivity contribution in [3.63, 3.8) is 0 Å². The van der Waals surface area contributed by atoms with E-state index >= 15 is 0 Å². The van der Waals surface area contributed by atoms with Crippen LogP contribution in [0.1, 0.15) is 39.5 Å². The molecule has 1 rings (SSSR count). The molecule has 2 nitrogen and oxygen atoms in total. The largest absolute Gasteiger partial charge is 0.319 e. The molecule has 0 heterocycles. The molecule has 1 aliphatic rings. The molecule has 2 heteroatoms. The Morgan fingerprint density at radius 3 is 2.15 bits per heavy atom. The van der Waals surface area contributed by atoms with E-state index in [1.54, 1.807) is 0 Å². The summed E-state index contributed by atoms with van der Waals surface area (Å²) in [5.74, 6) is 1.18. The van der Waals surface area contributed by atoms with Crippen molar-refractivity contribution in [2.75, 3.05) is 13.6 Å². The fourth-order valence-corrected chi connectivity index (χ4v) is 1.82.